The third kappa shape index (κ3) is 4.11. The van der Waals surface area contributed by atoms with Crippen LogP contribution in [0.3, 0.4) is 0 Å². The maximum atomic E-state index is 12.6. The molecule has 0 radical (unpaired) electrons. The van der Waals surface area contributed by atoms with E-state index in [0.717, 1.165) is 29.7 Å². The number of aromatic nitrogens is 1. The summed E-state index contributed by atoms with van der Waals surface area (Å²) in [5.74, 6) is 0.452. The highest BCUT2D eigenvalue weighted by molar-refractivity contribution is 5.84. The van der Waals surface area contributed by atoms with Crippen molar-refractivity contribution in [2.24, 2.45) is 0 Å². The highest BCUT2D eigenvalue weighted by Gasteiger charge is 2.40. The molecule has 1 saturated heterocycles. The third-order valence-electron chi connectivity index (χ3n) is 6.35. The van der Waals surface area contributed by atoms with Gasteiger partial charge in [-0.25, -0.2) is 9.78 Å². The number of amides is 1. The Morgan fingerprint density at radius 3 is 2.65 bits per heavy atom. The summed E-state index contributed by atoms with van der Waals surface area (Å²) in [7, 11) is 0. The number of pyridine rings is 1. The van der Waals surface area contributed by atoms with Crippen LogP contribution in [0.1, 0.15) is 68.8 Å². The summed E-state index contributed by atoms with van der Waals surface area (Å²) < 4.78 is 11.3. The molecule has 3 heterocycles. The monoisotopic (exact) mass is 426 g/mol. The SMILES string of the molecule is CCOC(=O)C1CN(c2nc(C3CC3)c3c(c2C#N)CC(C)(C)OC3)CCN1C(C)=O. The molecule has 3 aliphatic rings. The molecule has 31 heavy (non-hydrogen) atoms. The van der Waals surface area contributed by atoms with Gasteiger partial charge < -0.3 is 19.3 Å². The molecule has 1 aliphatic carbocycles. The van der Waals surface area contributed by atoms with Crippen LogP contribution in [0.15, 0.2) is 0 Å². The van der Waals surface area contributed by atoms with Crippen molar-refractivity contribution in [3.63, 3.8) is 0 Å². The molecule has 0 N–H and O–H groups in total. The molecule has 1 aromatic heterocycles. The number of ether oxygens (including phenoxy) is 2. The zero-order valence-corrected chi connectivity index (χ0v) is 18.7. The molecule has 1 unspecified atom stereocenters. The molecule has 8 heteroatoms. The molecule has 1 atom stereocenters. The summed E-state index contributed by atoms with van der Waals surface area (Å²) in [5, 5.41) is 10.1. The van der Waals surface area contributed by atoms with Crippen molar-refractivity contribution in [2.75, 3.05) is 31.1 Å². The van der Waals surface area contributed by atoms with Crippen molar-refractivity contribution in [1.29, 1.82) is 5.26 Å². The molecular formula is C23H30N4O4. The second-order valence-electron chi connectivity index (χ2n) is 9.19. The predicted molar refractivity (Wildman–Crippen MR) is 114 cm³/mol. The number of esters is 1. The fourth-order valence-electron chi connectivity index (χ4n) is 4.61. The Balaban J connectivity index is 1.75. The predicted octanol–water partition coefficient (Wildman–Crippen LogP) is 2.28. The third-order valence-corrected chi connectivity index (χ3v) is 6.35. The molecule has 8 nitrogen and oxygen atoms in total. The fourth-order valence-corrected chi connectivity index (χ4v) is 4.61. The number of fused-ring (bicyclic) bond motifs is 1. The van der Waals surface area contributed by atoms with E-state index in [0.29, 0.717) is 43.4 Å². The molecule has 0 aromatic carbocycles. The number of rotatable bonds is 4. The van der Waals surface area contributed by atoms with Gasteiger partial charge in [-0.1, -0.05) is 0 Å². The van der Waals surface area contributed by atoms with Gasteiger partial charge in [0.1, 0.15) is 17.9 Å². The number of carbonyl (C=O) groups is 2. The average Bonchev–Trinajstić information content (AvgIpc) is 3.56. The number of hydrogen-bond donors (Lipinski definition) is 0. The number of piperazine rings is 1. The minimum absolute atomic E-state index is 0.158. The molecule has 1 amide bonds. The Bertz CT molecular complexity index is 948. The zero-order chi connectivity index (χ0) is 22.3. The molecule has 2 fully saturated rings. The number of nitriles is 1. The summed E-state index contributed by atoms with van der Waals surface area (Å²) in [6, 6.07) is 1.68. The summed E-state index contributed by atoms with van der Waals surface area (Å²) in [6.45, 7) is 9.18. The molecule has 166 valence electrons. The fraction of sp³-hybridized carbons (Fsp3) is 0.652. The van der Waals surface area contributed by atoms with Crippen molar-refractivity contribution >= 4 is 17.7 Å². The van der Waals surface area contributed by atoms with Gasteiger partial charge in [0.25, 0.3) is 0 Å². The normalized spacial score (nSPS) is 22.5. The first-order chi connectivity index (χ1) is 14.8. The van der Waals surface area contributed by atoms with Crippen LogP contribution in [-0.2, 0) is 32.1 Å². The van der Waals surface area contributed by atoms with Crippen LogP contribution in [-0.4, -0.2) is 59.6 Å². The average molecular weight is 427 g/mol. The van der Waals surface area contributed by atoms with E-state index < -0.39 is 12.0 Å². The van der Waals surface area contributed by atoms with E-state index >= 15 is 0 Å². The number of nitrogens with zero attached hydrogens (tertiary/aromatic N) is 4. The van der Waals surface area contributed by atoms with Gasteiger partial charge in [-0.15, -0.1) is 0 Å². The van der Waals surface area contributed by atoms with E-state index in [2.05, 4.69) is 6.07 Å². The van der Waals surface area contributed by atoms with E-state index in [-0.39, 0.29) is 24.7 Å². The van der Waals surface area contributed by atoms with Crippen molar-refractivity contribution < 1.29 is 19.1 Å². The first-order valence-corrected chi connectivity index (χ1v) is 11.0. The largest absolute Gasteiger partial charge is 0.464 e. The van der Waals surface area contributed by atoms with Gasteiger partial charge >= 0.3 is 5.97 Å². The van der Waals surface area contributed by atoms with Crippen LogP contribution in [0, 0.1) is 11.3 Å². The smallest absolute Gasteiger partial charge is 0.330 e. The molecule has 4 rings (SSSR count). The molecule has 1 saturated carbocycles. The van der Waals surface area contributed by atoms with E-state index in [1.807, 2.05) is 18.7 Å². The first-order valence-electron chi connectivity index (χ1n) is 11.0. The van der Waals surface area contributed by atoms with Gasteiger partial charge in [0.05, 0.1) is 36.6 Å². The van der Waals surface area contributed by atoms with Crippen LogP contribution in [0.2, 0.25) is 0 Å². The quantitative estimate of drug-likeness (QED) is 0.682. The molecule has 2 aliphatic heterocycles. The number of anilines is 1. The van der Waals surface area contributed by atoms with E-state index in [9.17, 15) is 14.9 Å². The van der Waals surface area contributed by atoms with Crippen LogP contribution in [0.25, 0.3) is 0 Å². The lowest BCUT2D eigenvalue weighted by Crippen LogP contribution is -2.58. The van der Waals surface area contributed by atoms with Crippen LogP contribution in [0.5, 0.6) is 0 Å². The number of hydrogen-bond acceptors (Lipinski definition) is 7. The summed E-state index contributed by atoms with van der Waals surface area (Å²) >= 11 is 0. The van der Waals surface area contributed by atoms with Crippen molar-refractivity contribution in [1.82, 2.24) is 9.88 Å². The molecule has 1 aromatic rings. The Kier molecular flexibility index (Phi) is 5.65. The number of carbonyl (C=O) groups excluding carboxylic acids is 2. The van der Waals surface area contributed by atoms with Crippen molar-refractivity contribution in [3.05, 3.63) is 22.4 Å². The van der Waals surface area contributed by atoms with Gasteiger partial charge in [-0.3, -0.25) is 4.79 Å². The van der Waals surface area contributed by atoms with Crippen LogP contribution in [0.4, 0.5) is 5.82 Å². The molecule has 0 bridgehead atoms. The van der Waals surface area contributed by atoms with Gasteiger partial charge in [0, 0.05) is 37.9 Å². The second kappa shape index (κ2) is 8.12. The standard InChI is InChI=1S/C23H30N4O4/c1-5-30-22(29)19-12-26(8-9-27(19)14(2)28)21-17(11-24)16-10-23(3,4)31-13-18(16)20(25-21)15-6-7-15/h15,19H,5-10,12-13H2,1-4H3. The van der Waals surface area contributed by atoms with Gasteiger partial charge in [0.2, 0.25) is 5.91 Å². The minimum atomic E-state index is -0.709. The Hall–Kier alpha value is -2.66. The zero-order valence-electron chi connectivity index (χ0n) is 18.7. The maximum Gasteiger partial charge on any atom is 0.330 e. The Labute approximate surface area is 183 Å². The lowest BCUT2D eigenvalue weighted by molar-refractivity contribution is -0.154. The van der Waals surface area contributed by atoms with Gasteiger partial charge in [-0.05, 0) is 39.2 Å². The topological polar surface area (TPSA) is 95.8 Å². The summed E-state index contributed by atoms with van der Waals surface area (Å²) in [6.07, 6.45) is 2.84. The highest BCUT2D eigenvalue weighted by Crippen LogP contribution is 2.45. The van der Waals surface area contributed by atoms with Crippen LogP contribution < -0.4 is 4.90 Å². The maximum absolute atomic E-state index is 12.6. The first kappa shape index (κ1) is 21.6. The van der Waals surface area contributed by atoms with Gasteiger partial charge in [0.15, 0.2) is 0 Å². The Morgan fingerprint density at radius 1 is 1.29 bits per heavy atom. The minimum Gasteiger partial charge on any atom is -0.464 e. The highest BCUT2D eigenvalue weighted by atomic mass is 16.5. The van der Waals surface area contributed by atoms with Crippen molar-refractivity contribution in [3.8, 4) is 6.07 Å². The molecule has 0 spiro atoms. The Morgan fingerprint density at radius 2 is 2.03 bits per heavy atom. The van der Waals surface area contributed by atoms with E-state index in [4.69, 9.17) is 14.5 Å². The van der Waals surface area contributed by atoms with Gasteiger partial charge in [-0.2, -0.15) is 5.26 Å². The summed E-state index contributed by atoms with van der Waals surface area (Å²) in [5.41, 5.74) is 3.33. The summed E-state index contributed by atoms with van der Waals surface area (Å²) in [4.78, 5) is 33.2. The van der Waals surface area contributed by atoms with Crippen molar-refractivity contribution in [2.45, 2.75) is 71.1 Å². The van der Waals surface area contributed by atoms with E-state index in [1.165, 1.54) is 6.92 Å². The lowest BCUT2D eigenvalue weighted by atomic mass is 9.87. The molecular weight excluding hydrogens is 396 g/mol. The lowest BCUT2D eigenvalue weighted by Gasteiger charge is -2.41. The van der Waals surface area contributed by atoms with Crippen LogP contribution >= 0.6 is 0 Å². The second-order valence-corrected chi connectivity index (χ2v) is 9.19. The van der Waals surface area contributed by atoms with E-state index in [1.54, 1.807) is 11.8 Å².